The fraction of sp³-hybridized carbons (Fsp3) is 0.458. The first kappa shape index (κ1) is 24.1. The van der Waals surface area contributed by atoms with Crippen LogP contribution in [-0.4, -0.2) is 49.9 Å². The first-order valence-corrected chi connectivity index (χ1v) is 12.0. The van der Waals surface area contributed by atoms with Crippen molar-refractivity contribution in [1.29, 1.82) is 5.26 Å². The van der Waals surface area contributed by atoms with E-state index < -0.39 is 11.7 Å². The molecule has 10 heteroatoms. The number of alkyl halides is 3. The lowest BCUT2D eigenvalue weighted by Crippen LogP contribution is -2.41. The number of amides is 2. The molecule has 0 spiro atoms. The number of nitrogens with zero attached hydrogens (tertiary/aromatic N) is 3. The number of hydrogen-bond acceptors (Lipinski definition) is 5. The summed E-state index contributed by atoms with van der Waals surface area (Å²) in [5.74, 6) is -0.285. The SMILES string of the molecule is CNC(=O)[C@@H]1CN(C(=O)c2cccs2)C[C@H]1C1CCN(c2ccc(C#N)c(C(F)(F)F)c2)CC1. The van der Waals surface area contributed by atoms with Gasteiger partial charge in [-0.05, 0) is 54.3 Å². The van der Waals surface area contributed by atoms with Crippen LogP contribution in [0.4, 0.5) is 18.9 Å². The van der Waals surface area contributed by atoms with Crippen molar-refractivity contribution in [2.45, 2.75) is 19.0 Å². The molecule has 2 fully saturated rings. The van der Waals surface area contributed by atoms with Crippen LogP contribution in [0, 0.1) is 29.1 Å². The molecule has 0 bridgehead atoms. The van der Waals surface area contributed by atoms with E-state index >= 15 is 0 Å². The molecule has 1 aromatic carbocycles. The number of nitrogens with one attached hydrogen (secondary N) is 1. The molecule has 2 amide bonds. The van der Waals surface area contributed by atoms with Gasteiger partial charge in [0, 0.05) is 38.9 Å². The maximum atomic E-state index is 13.4. The van der Waals surface area contributed by atoms with E-state index in [2.05, 4.69) is 5.32 Å². The summed E-state index contributed by atoms with van der Waals surface area (Å²) in [6, 6.07) is 9.03. The van der Waals surface area contributed by atoms with Crippen LogP contribution in [0.2, 0.25) is 0 Å². The first-order valence-electron chi connectivity index (χ1n) is 11.1. The number of rotatable bonds is 4. The lowest BCUT2D eigenvalue weighted by atomic mass is 9.78. The molecule has 1 N–H and O–H groups in total. The van der Waals surface area contributed by atoms with Gasteiger partial charge in [-0.2, -0.15) is 18.4 Å². The van der Waals surface area contributed by atoms with Crippen molar-refractivity contribution in [3.63, 3.8) is 0 Å². The van der Waals surface area contributed by atoms with Gasteiger partial charge in [0.2, 0.25) is 5.91 Å². The fourth-order valence-electron chi connectivity index (χ4n) is 5.14. The zero-order valence-corrected chi connectivity index (χ0v) is 19.5. The molecule has 180 valence electrons. The van der Waals surface area contributed by atoms with Gasteiger partial charge in [-0.25, -0.2) is 0 Å². The predicted molar refractivity (Wildman–Crippen MR) is 122 cm³/mol. The van der Waals surface area contributed by atoms with Crippen LogP contribution in [-0.2, 0) is 11.0 Å². The molecule has 1 aromatic heterocycles. The quantitative estimate of drug-likeness (QED) is 0.703. The van der Waals surface area contributed by atoms with Crippen molar-refractivity contribution in [2.75, 3.05) is 38.1 Å². The largest absolute Gasteiger partial charge is 0.417 e. The summed E-state index contributed by atoms with van der Waals surface area (Å²) in [4.78, 5) is 29.8. The van der Waals surface area contributed by atoms with Gasteiger partial charge in [-0.15, -0.1) is 11.3 Å². The van der Waals surface area contributed by atoms with Crippen molar-refractivity contribution in [1.82, 2.24) is 10.2 Å². The van der Waals surface area contributed by atoms with E-state index in [1.807, 2.05) is 16.3 Å². The molecule has 2 aliphatic rings. The van der Waals surface area contributed by atoms with Crippen LogP contribution in [0.5, 0.6) is 0 Å². The third kappa shape index (κ3) is 4.75. The summed E-state index contributed by atoms with van der Waals surface area (Å²) in [6.07, 6.45) is -3.18. The highest BCUT2D eigenvalue weighted by molar-refractivity contribution is 7.12. The lowest BCUT2D eigenvalue weighted by molar-refractivity contribution is -0.137. The number of hydrogen-bond donors (Lipinski definition) is 1. The van der Waals surface area contributed by atoms with Crippen LogP contribution in [0.1, 0.15) is 33.6 Å². The second-order valence-corrected chi connectivity index (χ2v) is 9.68. The van der Waals surface area contributed by atoms with Gasteiger partial charge in [-0.1, -0.05) is 6.07 Å². The minimum atomic E-state index is -4.59. The summed E-state index contributed by atoms with van der Waals surface area (Å²) in [5.41, 5.74) is -0.873. The monoisotopic (exact) mass is 490 g/mol. The first-order chi connectivity index (χ1) is 16.2. The number of halogens is 3. The summed E-state index contributed by atoms with van der Waals surface area (Å²) in [5, 5.41) is 13.6. The van der Waals surface area contributed by atoms with Gasteiger partial charge < -0.3 is 15.1 Å². The van der Waals surface area contributed by atoms with E-state index in [-0.39, 0.29) is 35.1 Å². The number of anilines is 1. The summed E-state index contributed by atoms with van der Waals surface area (Å²) >= 11 is 1.37. The van der Waals surface area contributed by atoms with E-state index in [4.69, 9.17) is 5.26 Å². The highest BCUT2D eigenvalue weighted by Gasteiger charge is 2.44. The molecule has 2 saturated heterocycles. The van der Waals surface area contributed by atoms with Crippen LogP contribution >= 0.6 is 11.3 Å². The maximum Gasteiger partial charge on any atom is 0.417 e. The Morgan fingerprint density at radius 2 is 1.91 bits per heavy atom. The Morgan fingerprint density at radius 3 is 2.50 bits per heavy atom. The van der Waals surface area contributed by atoms with Crippen molar-refractivity contribution in [3.05, 3.63) is 51.7 Å². The van der Waals surface area contributed by atoms with E-state index in [1.54, 1.807) is 30.1 Å². The Morgan fingerprint density at radius 1 is 1.18 bits per heavy atom. The van der Waals surface area contributed by atoms with Crippen molar-refractivity contribution >= 4 is 28.8 Å². The van der Waals surface area contributed by atoms with Gasteiger partial charge in [0.05, 0.1) is 28.0 Å². The van der Waals surface area contributed by atoms with Crippen molar-refractivity contribution in [2.24, 2.45) is 17.8 Å². The Bertz CT molecular complexity index is 1090. The number of benzene rings is 1. The average molecular weight is 491 g/mol. The number of likely N-dealkylation sites (tertiary alicyclic amines) is 1. The summed E-state index contributed by atoms with van der Waals surface area (Å²) in [7, 11) is 1.59. The summed E-state index contributed by atoms with van der Waals surface area (Å²) < 4.78 is 40.1. The fourth-order valence-corrected chi connectivity index (χ4v) is 5.83. The molecule has 0 radical (unpaired) electrons. The van der Waals surface area contributed by atoms with Gasteiger partial charge in [0.15, 0.2) is 0 Å². The third-order valence-corrected chi connectivity index (χ3v) is 7.76. The molecule has 2 aromatic rings. The number of nitriles is 1. The van der Waals surface area contributed by atoms with Crippen LogP contribution < -0.4 is 10.2 Å². The Balaban J connectivity index is 1.47. The zero-order chi connectivity index (χ0) is 24.5. The number of carbonyl (C=O) groups excluding carboxylic acids is 2. The molecule has 0 saturated carbocycles. The predicted octanol–water partition coefficient (Wildman–Crippen LogP) is 3.99. The Kier molecular flexibility index (Phi) is 6.84. The molecule has 34 heavy (non-hydrogen) atoms. The maximum absolute atomic E-state index is 13.4. The highest BCUT2D eigenvalue weighted by atomic mass is 32.1. The van der Waals surface area contributed by atoms with Gasteiger partial charge >= 0.3 is 6.18 Å². The van der Waals surface area contributed by atoms with Crippen LogP contribution in [0.25, 0.3) is 0 Å². The van der Waals surface area contributed by atoms with E-state index in [1.165, 1.54) is 17.4 Å². The molecule has 2 atom stereocenters. The number of piperidine rings is 1. The van der Waals surface area contributed by atoms with Crippen LogP contribution in [0.15, 0.2) is 35.7 Å². The van der Waals surface area contributed by atoms with Crippen molar-refractivity contribution in [3.8, 4) is 6.07 Å². The van der Waals surface area contributed by atoms with E-state index in [0.717, 1.165) is 6.07 Å². The second kappa shape index (κ2) is 9.66. The topological polar surface area (TPSA) is 76.4 Å². The zero-order valence-electron chi connectivity index (χ0n) is 18.6. The van der Waals surface area contributed by atoms with Crippen molar-refractivity contribution < 1.29 is 22.8 Å². The number of thiophene rings is 1. The van der Waals surface area contributed by atoms with Gasteiger partial charge in [-0.3, -0.25) is 9.59 Å². The molecule has 0 aliphatic carbocycles. The van der Waals surface area contributed by atoms with E-state index in [9.17, 15) is 22.8 Å². The third-order valence-electron chi connectivity index (χ3n) is 6.91. The molecule has 3 heterocycles. The average Bonchev–Trinajstić information content (AvgIpc) is 3.53. The highest BCUT2D eigenvalue weighted by Crippen LogP contribution is 2.39. The Labute approximate surface area is 200 Å². The van der Waals surface area contributed by atoms with Crippen LogP contribution in [0.3, 0.4) is 0 Å². The molecular weight excluding hydrogens is 465 g/mol. The minimum Gasteiger partial charge on any atom is -0.372 e. The molecule has 2 aliphatic heterocycles. The molecule has 6 nitrogen and oxygen atoms in total. The smallest absolute Gasteiger partial charge is 0.372 e. The van der Waals surface area contributed by atoms with Gasteiger partial charge in [0.25, 0.3) is 5.91 Å². The molecule has 0 unspecified atom stereocenters. The second-order valence-electron chi connectivity index (χ2n) is 8.74. The minimum absolute atomic E-state index is 0.00212. The Hall–Kier alpha value is -3.06. The lowest BCUT2D eigenvalue weighted by Gasteiger charge is -2.37. The van der Waals surface area contributed by atoms with Gasteiger partial charge in [0.1, 0.15) is 0 Å². The number of carbonyl (C=O) groups is 2. The normalized spacial score (nSPS) is 21.4. The van der Waals surface area contributed by atoms with E-state index in [0.29, 0.717) is 49.6 Å². The standard InChI is InChI=1S/C24H25F3N4O2S/c1-29-22(32)19-14-31(23(33)21-3-2-10-34-21)13-18(19)15-6-8-30(9-7-15)17-5-4-16(12-28)20(11-17)24(25,26)27/h2-5,10-11,15,18-19H,6-9,13-14H2,1H3,(H,29,32)/t18-,19+/m0/s1. The molecule has 4 rings (SSSR count). The molecular formula is C24H25F3N4O2S. The summed E-state index contributed by atoms with van der Waals surface area (Å²) in [6.45, 7) is 1.95.